The molecule has 2 heterocycles. The molecule has 0 spiro atoms. The Balaban J connectivity index is 0.00000225. The number of benzene rings is 1. The first-order valence-corrected chi connectivity index (χ1v) is 8.78. The van der Waals surface area contributed by atoms with E-state index in [1.807, 2.05) is 0 Å². The maximum atomic E-state index is 5.48. The minimum Gasteiger partial charge on any atom is -0.378 e. The van der Waals surface area contributed by atoms with Crippen molar-refractivity contribution >= 4 is 23.8 Å². The molecule has 0 radical (unpaired) electrons. The van der Waals surface area contributed by atoms with Crippen LogP contribution in [0.5, 0.6) is 0 Å². The highest BCUT2D eigenvalue weighted by Gasteiger charge is 2.16. The van der Waals surface area contributed by atoms with Crippen molar-refractivity contribution in [2.45, 2.75) is 40.3 Å². The van der Waals surface area contributed by atoms with Crippen LogP contribution in [-0.4, -0.2) is 36.1 Å². The third kappa shape index (κ3) is 4.28. The maximum Gasteiger partial charge on any atom is 0.0828 e. The Kier molecular flexibility index (Phi) is 6.73. The van der Waals surface area contributed by atoms with E-state index in [1.165, 1.54) is 16.9 Å². The first kappa shape index (κ1) is 19.6. The van der Waals surface area contributed by atoms with Crippen LogP contribution in [-0.2, 0) is 11.3 Å². The summed E-state index contributed by atoms with van der Waals surface area (Å²) in [6, 6.07) is 9.01. The highest BCUT2D eigenvalue weighted by molar-refractivity contribution is 5.85. The summed E-state index contributed by atoms with van der Waals surface area (Å²) >= 11 is 0. The number of halogens is 1. The molecule has 1 aliphatic rings. The Labute approximate surface area is 156 Å². The van der Waals surface area contributed by atoms with Gasteiger partial charge in [-0.3, -0.25) is 4.68 Å². The van der Waals surface area contributed by atoms with Gasteiger partial charge in [-0.1, -0.05) is 18.2 Å². The second kappa shape index (κ2) is 8.59. The predicted molar refractivity (Wildman–Crippen MR) is 106 cm³/mol. The first-order chi connectivity index (χ1) is 11.6. The summed E-state index contributed by atoms with van der Waals surface area (Å²) in [5.41, 5.74) is 6.03. The SMILES string of the molecule is Cc1nn(C(C)C)c(C)c1NCc1ccccc1N1CCOCC1.Cl. The molecular weight excluding hydrogens is 336 g/mol. The third-order valence-corrected chi connectivity index (χ3v) is 4.61. The van der Waals surface area contributed by atoms with Crippen LogP contribution < -0.4 is 10.2 Å². The molecule has 25 heavy (non-hydrogen) atoms. The number of hydrogen-bond donors (Lipinski definition) is 1. The Morgan fingerprint density at radius 2 is 1.84 bits per heavy atom. The Hall–Kier alpha value is -1.72. The summed E-state index contributed by atoms with van der Waals surface area (Å²) in [6.07, 6.45) is 0. The summed E-state index contributed by atoms with van der Waals surface area (Å²) in [7, 11) is 0. The number of anilines is 2. The van der Waals surface area contributed by atoms with Crippen LogP contribution in [0.25, 0.3) is 0 Å². The fraction of sp³-hybridized carbons (Fsp3) is 0.526. The average molecular weight is 365 g/mol. The normalized spacial score (nSPS) is 14.5. The largest absolute Gasteiger partial charge is 0.378 e. The summed E-state index contributed by atoms with van der Waals surface area (Å²) in [5.74, 6) is 0. The van der Waals surface area contributed by atoms with E-state index in [4.69, 9.17) is 4.74 Å². The number of morpholine rings is 1. The van der Waals surface area contributed by atoms with Crippen molar-refractivity contribution in [3.8, 4) is 0 Å². The second-order valence-electron chi connectivity index (χ2n) is 6.67. The molecule has 0 unspecified atom stereocenters. The topological polar surface area (TPSA) is 42.3 Å². The highest BCUT2D eigenvalue weighted by atomic mass is 35.5. The van der Waals surface area contributed by atoms with Gasteiger partial charge in [0.1, 0.15) is 0 Å². The Morgan fingerprint density at radius 3 is 2.48 bits per heavy atom. The molecule has 2 aromatic rings. The van der Waals surface area contributed by atoms with Crippen LogP contribution in [0.15, 0.2) is 24.3 Å². The van der Waals surface area contributed by atoms with Crippen LogP contribution in [0.4, 0.5) is 11.4 Å². The van der Waals surface area contributed by atoms with Crippen molar-refractivity contribution in [3.63, 3.8) is 0 Å². The zero-order chi connectivity index (χ0) is 17.1. The fourth-order valence-electron chi connectivity index (χ4n) is 3.38. The maximum absolute atomic E-state index is 5.48. The number of rotatable bonds is 5. The van der Waals surface area contributed by atoms with Crippen LogP contribution in [0.1, 0.15) is 36.8 Å². The van der Waals surface area contributed by atoms with Gasteiger partial charge in [0, 0.05) is 31.4 Å². The molecule has 0 bridgehead atoms. The zero-order valence-corrected chi connectivity index (χ0v) is 16.4. The van der Waals surface area contributed by atoms with Crippen molar-refractivity contribution in [3.05, 3.63) is 41.2 Å². The van der Waals surface area contributed by atoms with Crippen LogP contribution in [0, 0.1) is 13.8 Å². The summed E-state index contributed by atoms with van der Waals surface area (Å²) in [5, 5.41) is 8.27. The number of aromatic nitrogens is 2. The lowest BCUT2D eigenvalue weighted by atomic mass is 10.1. The molecule has 1 fully saturated rings. The summed E-state index contributed by atoms with van der Waals surface area (Å²) in [4.78, 5) is 2.41. The van der Waals surface area contributed by atoms with Crippen molar-refractivity contribution in [2.24, 2.45) is 0 Å². The fourth-order valence-corrected chi connectivity index (χ4v) is 3.38. The number of para-hydroxylation sites is 1. The molecule has 1 aromatic heterocycles. The molecule has 138 valence electrons. The van der Waals surface area contributed by atoms with Gasteiger partial charge in [-0.15, -0.1) is 12.4 Å². The number of nitrogens with one attached hydrogen (secondary N) is 1. The van der Waals surface area contributed by atoms with Crippen molar-refractivity contribution in [2.75, 3.05) is 36.5 Å². The molecule has 1 aromatic carbocycles. The van der Waals surface area contributed by atoms with E-state index >= 15 is 0 Å². The smallest absolute Gasteiger partial charge is 0.0828 e. The Morgan fingerprint density at radius 1 is 1.16 bits per heavy atom. The van der Waals surface area contributed by atoms with Crippen molar-refractivity contribution in [1.29, 1.82) is 0 Å². The quantitative estimate of drug-likeness (QED) is 0.872. The average Bonchev–Trinajstić information content (AvgIpc) is 2.88. The molecule has 3 rings (SSSR count). The molecular formula is C19H29ClN4O. The minimum absolute atomic E-state index is 0. The monoisotopic (exact) mass is 364 g/mol. The molecule has 1 aliphatic heterocycles. The number of ether oxygens (including phenoxy) is 1. The molecule has 0 amide bonds. The highest BCUT2D eigenvalue weighted by Crippen LogP contribution is 2.26. The minimum atomic E-state index is 0. The van der Waals surface area contributed by atoms with Crippen molar-refractivity contribution in [1.82, 2.24) is 9.78 Å². The summed E-state index contributed by atoms with van der Waals surface area (Å²) in [6.45, 7) is 12.9. The van der Waals surface area contributed by atoms with Gasteiger partial charge >= 0.3 is 0 Å². The van der Waals surface area contributed by atoms with Gasteiger partial charge < -0.3 is 15.0 Å². The van der Waals surface area contributed by atoms with E-state index in [9.17, 15) is 0 Å². The van der Waals surface area contributed by atoms with Gasteiger partial charge in [-0.25, -0.2) is 0 Å². The number of hydrogen-bond acceptors (Lipinski definition) is 4. The van der Waals surface area contributed by atoms with Gasteiger partial charge in [-0.05, 0) is 39.3 Å². The van der Waals surface area contributed by atoms with Crippen LogP contribution >= 0.6 is 12.4 Å². The standard InChI is InChI=1S/C19H28N4O.ClH/c1-14(2)23-16(4)19(15(3)21-23)20-13-17-7-5-6-8-18(17)22-9-11-24-12-10-22;/h5-8,14,20H,9-13H2,1-4H3;1H. The van der Waals surface area contributed by atoms with E-state index in [0.717, 1.165) is 44.2 Å². The van der Waals surface area contributed by atoms with Gasteiger partial charge in [0.2, 0.25) is 0 Å². The molecule has 0 atom stereocenters. The van der Waals surface area contributed by atoms with Crippen LogP contribution in [0.2, 0.25) is 0 Å². The van der Waals surface area contributed by atoms with Gasteiger partial charge in [0.05, 0.1) is 30.3 Å². The molecule has 6 heteroatoms. The lowest BCUT2D eigenvalue weighted by Crippen LogP contribution is -2.36. The Bertz CT molecular complexity index is 693. The zero-order valence-electron chi connectivity index (χ0n) is 15.6. The van der Waals surface area contributed by atoms with Gasteiger partial charge in [0.15, 0.2) is 0 Å². The molecule has 1 N–H and O–H groups in total. The van der Waals surface area contributed by atoms with E-state index in [-0.39, 0.29) is 12.4 Å². The second-order valence-corrected chi connectivity index (χ2v) is 6.67. The van der Waals surface area contributed by atoms with E-state index in [2.05, 4.69) is 72.0 Å². The van der Waals surface area contributed by atoms with Gasteiger partial charge in [-0.2, -0.15) is 5.10 Å². The predicted octanol–water partition coefficient (Wildman–Crippen LogP) is 3.95. The first-order valence-electron chi connectivity index (χ1n) is 8.78. The summed E-state index contributed by atoms with van der Waals surface area (Å²) < 4.78 is 7.57. The molecule has 0 saturated carbocycles. The lowest BCUT2D eigenvalue weighted by Gasteiger charge is -2.30. The van der Waals surface area contributed by atoms with E-state index < -0.39 is 0 Å². The molecule has 1 saturated heterocycles. The van der Waals surface area contributed by atoms with E-state index in [0.29, 0.717) is 6.04 Å². The number of aryl methyl sites for hydroxylation is 1. The number of nitrogens with zero attached hydrogens (tertiary/aromatic N) is 3. The van der Waals surface area contributed by atoms with Crippen molar-refractivity contribution < 1.29 is 4.74 Å². The molecule has 5 nitrogen and oxygen atoms in total. The third-order valence-electron chi connectivity index (χ3n) is 4.61. The molecule has 0 aliphatic carbocycles. The lowest BCUT2D eigenvalue weighted by molar-refractivity contribution is 0.122. The van der Waals surface area contributed by atoms with E-state index in [1.54, 1.807) is 0 Å². The van der Waals surface area contributed by atoms with Crippen LogP contribution in [0.3, 0.4) is 0 Å². The van der Waals surface area contributed by atoms with Gasteiger partial charge in [0.25, 0.3) is 0 Å².